The molecule has 0 aliphatic carbocycles. The standard InChI is InChI=1S/C21H19ClN4/c1-13-19(14-7-9-17(10-8-14)26(2)3)18(12-23)21(24)25-20(13)15-5-4-6-16(22)11-15/h4-11H,1-3H3,(H2,24,25). The van der Waals surface area contributed by atoms with Crippen LogP contribution in [0.5, 0.6) is 0 Å². The minimum atomic E-state index is 0.222. The molecule has 26 heavy (non-hydrogen) atoms. The van der Waals surface area contributed by atoms with Crippen LogP contribution in [0.2, 0.25) is 5.02 Å². The highest BCUT2D eigenvalue weighted by atomic mass is 35.5. The summed E-state index contributed by atoms with van der Waals surface area (Å²) in [4.78, 5) is 6.50. The lowest BCUT2D eigenvalue weighted by Crippen LogP contribution is -2.08. The van der Waals surface area contributed by atoms with Crippen LogP contribution in [-0.2, 0) is 0 Å². The van der Waals surface area contributed by atoms with Crippen LogP contribution in [-0.4, -0.2) is 19.1 Å². The first-order valence-electron chi connectivity index (χ1n) is 8.16. The molecule has 0 saturated heterocycles. The number of anilines is 2. The van der Waals surface area contributed by atoms with Gasteiger partial charge in [0, 0.05) is 35.9 Å². The molecule has 0 aliphatic rings. The van der Waals surface area contributed by atoms with Crippen molar-refractivity contribution in [3.8, 4) is 28.5 Å². The largest absolute Gasteiger partial charge is 0.383 e. The third kappa shape index (κ3) is 3.22. The summed E-state index contributed by atoms with van der Waals surface area (Å²) in [7, 11) is 3.98. The van der Waals surface area contributed by atoms with Crippen molar-refractivity contribution in [1.82, 2.24) is 4.98 Å². The minimum absolute atomic E-state index is 0.222. The minimum Gasteiger partial charge on any atom is -0.383 e. The fourth-order valence-electron chi connectivity index (χ4n) is 3.01. The predicted molar refractivity (Wildman–Crippen MR) is 108 cm³/mol. The van der Waals surface area contributed by atoms with Gasteiger partial charge in [0.2, 0.25) is 0 Å². The van der Waals surface area contributed by atoms with Gasteiger partial charge in [-0.05, 0) is 42.3 Å². The maximum absolute atomic E-state index is 9.63. The van der Waals surface area contributed by atoms with Gasteiger partial charge >= 0.3 is 0 Å². The van der Waals surface area contributed by atoms with Gasteiger partial charge in [0.25, 0.3) is 0 Å². The monoisotopic (exact) mass is 362 g/mol. The zero-order valence-electron chi connectivity index (χ0n) is 14.9. The molecular weight excluding hydrogens is 344 g/mol. The molecule has 0 radical (unpaired) electrons. The molecule has 5 heteroatoms. The Morgan fingerprint density at radius 2 is 1.77 bits per heavy atom. The van der Waals surface area contributed by atoms with Crippen molar-refractivity contribution >= 4 is 23.1 Å². The first-order chi connectivity index (χ1) is 12.4. The molecule has 1 heterocycles. The number of hydrogen-bond acceptors (Lipinski definition) is 4. The number of rotatable bonds is 3. The highest BCUT2D eigenvalue weighted by Crippen LogP contribution is 2.36. The average molecular weight is 363 g/mol. The van der Waals surface area contributed by atoms with E-state index in [1.54, 1.807) is 0 Å². The summed E-state index contributed by atoms with van der Waals surface area (Å²) in [6.07, 6.45) is 0. The Morgan fingerprint density at radius 1 is 1.08 bits per heavy atom. The quantitative estimate of drug-likeness (QED) is 0.719. The number of halogens is 1. The van der Waals surface area contributed by atoms with E-state index in [0.717, 1.165) is 33.6 Å². The zero-order valence-corrected chi connectivity index (χ0v) is 15.7. The van der Waals surface area contributed by atoms with Crippen LogP contribution >= 0.6 is 11.6 Å². The number of nitrogens with zero attached hydrogens (tertiary/aromatic N) is 3. The van der Waals surface area contributed by atoms with Gasteiger partial charge in [0.1, 0.15) is 17.5 Å². The lowest BCUT2D eigenvalue weighted by molar-refractivity contribution is 1.13. The Bertz CT molecular complexity index is 1000. The van der Waals surface area contributed by atoms with Crippen LogP contribution in [0.15, 0.2) is 48.5 Å². The van der Waals surface area contributed by atoms with E-state index < -0.39 is 0 Å². The molecular formula is C21H19ClN4. The Kier molecular flexibility index (Phi) is 4.83. The molecule has 0 spiro atoms. The van der Waals surface area contributed by atoms with Crippen LogP contribution in [0.3, 0.4) is 0 Å². The molecule has 0 fully saturated rings. The topological polar surface area (TPSA) is 65.9 Å². The Morgan fingerprint density at radius 3 is 2.35 bits per heavy atom. The van der Waals surface area contributed by atoms with Gasteiger partial charge in [-0.2, -0.15) is 5.26 Å². The third-order valence-electron chi connectivity index (χ3n) is 4.35. The molecule has 130 valence electrons. The Hall–Kier alpha value is -3.03. The predicted octanol–water partition coefficient (Wildman–Crippen LogP) is 4.90. The van der Waals surface area contributed by atoms with E-state index in [1.165, 1.54) is 0 Å². The summed E-state index contributed by atoms with van der Waals surface area (Å²) in [6.45, 7) is 1.96. The number of nitrogen functional groups attached to an aromatic ring is 1. The molecule has 2 aromatic carbocycles. The van der Waals surface area contributed by atoms with Crippen LogP contribution in [0.25, 0.3) is 22.4 Å². The first-order valence-corrected chi connectivity index (χ1v) is 8.54. The van der Waals surface area contributed by atoms with Crippen LogP contribution in [0.4, 0.5) is 11.5 Å². The third-order valence-corrected chi connectivity index (χ3v) is 4.59. The molecule has 2 N–H and O–H groups in total. The number of hydrogen-bond donors (Lipinski definition) is 1. The smallest absolute Gasteiger partial charge is 0.142 e. The number of benzene rings is 2. The summed E-state index contributed by atoms with van der Waals surface area (Å²) in [6, 6.07) is 17.7. The normalized spacial score (nSPS) is 10.4. The van der Waals surface area contributed by atoms with E-state index in [9.17, 15) is 5.26 Å². The molecule has 0 saturated carbocycles. The number of nitriles is 1. The highest BCUT2D eigenvalue weighted by Gasteiger charge is 2.18. The van der Waals surface area contributed by atoms with Crippen LogP contribution in [0, 0.1) is 18.3 Å². The summed E-state index contributed by atoms with van der Waals surface area (Å²) in [5, 5.41) is 10.3. The van der Waals surface area contributed by atoms with Gasteiger partial charge in [-0.1, -0.05) is 35.9 Å². The molecule has 0 unspecified atom stereocenters. The molecule has 3 aromatic rings. The van der Waals surface area contributed by atoms with Gasteiger partial charge in [-0.25, -0.2) is 4.98 Å². The molecule has 0 atom stereocenters. The van der Waals surface area contributed by atoms with Gasteiger partial charge in [0.15, 0.2) is 0 Å². The summed E-state index contributed by atoms with van der Waals surface area (Å²) < 4.78 is 0. The van der Waals surface area contributed by atoms with E-state index in [0.29, 0.717) is 10.6 Å². The molecule has 0 aliphatic heterocycles. The number of nitrogens with two attached hydrogens (primary N) is 1. The van der Waals surface area contributed by atoms with Gasteiger partial charge < -0.3 is 10.6 Å². The fourth-order valence-corrected chi connectivity index (χ4v) is 3.20. The maximum Gasteiger partial charge on any atom is 0.142 e. The van der Waals surface area contributed by atoms with Crippen molar-refractivity contribution < 1.29 is 0 Å². The van der Waals surface area contributed by atoms with Crippen molar-refractivity contribution in [1.29, 1.82) is 5.26 Å². The second-order valence-electron chi connectivity index (χ2n) is 6.28. The first kappa shape index (κ1) is 17.8. The lowest BCUT2D eigenvalue weighted by Gasteiger charge is -2.17. The molecule has 3 rings (SSSR count). The van der Waals surface area contributed by atoms with Crippen molar-refractivity contribution in [3.05, 3.63) is 64.7 Å². The fraction of sp³-hybridized carbons (Fsp3) is 0.143. The van der Waals surface area contributed by atoms with Gasteiger partial charge in [0.05, 0.1) is 5.69 Å². The van der Waals surface area contributed by atoms with Crippen molar-refractivity contribution in [2.75, 3.05) is 24.7 Å². The second kappa shape index (κ2) is 7.07. The number of pyridine rings is 1. The van der Waals surface area contributed by atoms with Gasteiger partial charge in [-0.15, -0.1) is 0 Å². The lowest BCUT2D eigenvalue weighted by atomic mass is 9.92. The summed E-state index contributed by atoms with van der Waals surface area (Å²) in [5.41, 5.74) is 11.8. The highest BCUT2D eigenvalue weighted by molar-refractivity contribution is 6.30. The Balaban J connectivity index is 2.25. The van der Waals surface area contributed by atoms with E-state index in [2.05, 4.69) is 11.1 Å². The van der Waals surface area contributed by atoms with Crippen molar-refractivity contribution in [3.63, 3.8) is 0 Å². The van der Waals surface area contributed by atoms with Crippen molar-refractivity contribution in [2.45, 2.75) is 6.92 Å². The Labute approximate surface area is 158 Å². The molecule has 0 bridgehead atoms. The van der Waals surface area contributed by atoms with Crippen molar-refractivity contribution in [2.24, 2.45) is 0 Å². The zero-order chi connectivity index (χ0) is 18.8. The van der Waals surface area contributed by atoms with E-state index in [-0.39, 0.29) is 5.82 Å². The molecule has 0 amide bonds. The van der Waals surface area contributed by atoms with Gasteiger partial charge in [-0.3, -0.25) is 0 Å². The SMILES string of the molecule is Cc1c(-c2cccc(Cl)c2)nc(N)c(C#N)c1-c1ccc(N(C)C)cc1. The summed E-state index contributed by atoms with van der Waals surface area (Å²) in [5.74, 6) is 0.222. The maximum atomic E-state index is 9.63. The molecule has 4 nitrogen and oxygen atoms in total. The van der Waals surface area contributed by atoms with E-state index in [4.69, 9.17) is 17.3 Å². The summed E-state index contributed by atoms with van der Waals surface area (Å²) >= 11 is 6.13. The van der Waals surface area contributed by atoms with E-state index in [1.807, 2.05) is 74.4 Å². The second-order valence-corrected chi connectivity index (χ2v) is 6.72. The van der Waals surface area contributed by atoms with Crippen LogP contribution < -0.4 is 10.6 Å². The molecule has 1 aromatic heterocycles. The van der Waals surface area contributed by atoms with Crippen LogP contribution in [0.1, 0.15) is 11.1 Å². The van der Waals surface area contributed by atoms with E-state index >= 15 is 0 Å². The average Bonchev–Trinajstić information content (AvgIpc) is 2.63. The number of aromatic nitrogens is 1.